The van der Waals surface area contributed by atoms with Gasteiger partial charge < -0.3 is 14.5 Å². The summed E-state index contributed by atoms with van der Waals surface area (Å²) in [5.74, 6) is 0.554. The summed E-state index contributed by atoms with van der Waals surface area (Å²) in [5, 5.41) is 3.70. The van der Waals surface area contributed by atoms with Gasteiger partial charge in [0.05, 0.1) is 17.4 Å². The fourth-order valence-corrected chi connectivity index (χ4v) is 4.26. The van der Waals surface area contributed by atoms with Crippen LogP contribution < -0.4 is 10.3 Å². The predicted octanol–water partition coefficient (Wildman–Crippen LogP) is 4.27. The summed E-state index contributed by atoms with van der Waals surface area (Å²) >= 11 is 1.49. The monoisotopic (exact) mass is 405 g/mol. The van der Waals surface area contributed by atoms with E-state index in [-0.39, 0.29) is 11.7 Å². The standard InChI is InChI=1S/C22H19N3O3S/c26-21-17(10-14-4-1-2-6-18(14)24-21)19-13-29-22(25-19)15-7-8-23-20(11-15)28-12-16-5-3-9-27-16/h1-2,4,6-8,10-11,13,16H,3,5,9,12H2,(H,24,26). The minimum Gasteiger partial charge on any atom is -0.475 e. The zero-order valence-corrected chi connectivity index (χ0v) is 16.4. The van der Waals surface area contributed by atoms with E-state index < -0.39 is 0 Å². The smallest absolute Gasteiger partial charge is 0.257 e. The van der Waals surface area contributed by atoms with E-state index in [9.17, 15) is 4.79 Å². The van der Waals surface area contributed by atoms with Crippen LogP contribution in [-0.4, -0.2) is 34.3 Å². The van der Waals surface area contributed by atoms with Crippen LogP contribution in [0.3, 0.4) is 0 Å². The molecule has 0 bridgehead atoms. The van der Waals surface area contributed by atoms with Crippen molar-refractivity contribution in [3.63, 3.8) is 0 Å². The van der Waals surface area contributed by atoms with E-state index in [4.69, 9.17) is 9.47 Å². The Morgan fingerprint density at radius 2 is 2.17 bits per heavy atom. The third-order valence-electron chi connectivity index (χ3n) is 4.96. The Morgan fingerprint density at radius 3 is 3.07 bits per heavy atom. The minimum atomic E-state index is -0.143. The third kappa shape index (κ3) is 3.79. The van der Waals surface area contributed by atoms with E-state index >= 15 is 0 Å². The molecule has 4 aromatic rings. The van der Waals surface area contributed by atoms with Gasteiger partial charge in [0, 0.05) is 35.3 Å². The van der Waals surface area contributed by atoms with Gasteiger partial charge in [-0.3, -0.25) is 4.79 Å². The highest BCUT2D eigenvalue weighted by Crippen LogP contribution is 2.30. The van der Waals surface area contributed by atoms with Crippen LogP contribution in [0.5, 0.6) is 5.88 Å². The molecule has 6 nitrogen and oxygen atoms in total. The molecule has 1 aliphatic rings. The van der Waals surface area contributed by atoms with Gasteiger partial charge in [0.25, 0.3) is 5.56 Å². The van der Waals surface area contributed by atoms with Crippen LogP contribution in [-0.2, 0) is 4.74 Å². The van der Waals surface area contributed by atoms with Gasteiger partial charge in [-0.25, -0.2) is 9.97 Å². The summed E-state index contributed by atoms with van der Waals surface area (Å²) in [5.41, 5.74) is 2.82. The lowest BCUT2D eigenvalue weighted by Crippen LogP contribution is -2.16. The average Bonchev–Trinajstić information content (AvgIpc) is 3.44. The van der Waals surface area contributed by atoms with Crippen LogP contribution in [0.4, 0.5) is 0 Å². The zero-order chi connectivity index (χ0) is 19.6. The number of ether oxygens (including phenoxy) is 2. The molecule has 0 amide bonds. The van der Waals surface area contributed by atoms with Crippen LogP contribution in [0.1, 0.15) is 12.8 Å². The topological polar surface area (TPSA) is 77.1 Å². The molecule has 1 saturated heterocycles. The normalized spacial score (nSPS) is 16.3. The molecular formula is C22H19N3O3S. The number of aromatic nitrogens is 3. The van der Waals surface area contributed by atoms with Gasteiger partial charge in [0.2, 0.25) is 5.88 Å². The number of nitrogens with one attached hydrogen (secondary N) is 1. The first-order chi connectivity index (χ1) is 14.3. The molecule has 1 aliphatic heterocycles. The van der Waals surface area contributed by atoms with Crippen LogP contribution in [0.2, 0.25) is 0 Å². The second kappa shape index (κ2) is 7.77. The van der Waals surface area contributed by atoms with Gasteiger partial charge >= 0.3 is 0 Å². The van der Waals surface area contributed by atoms with Crippen LogP contribution in [0.15, 0.2) is 58.8 Å². The number of hydrogen-bond donors (Lipinski definition) is 1. The number of para-hydroxylation sites is 1. The Morgan fingerprint density at radius 1 is 1.24 bits per heavy atom. The number of hydrogen-bond acceptors (Lipinski definition) is 6. The molecule has 5 rings (SSSR count). The van der Waals surface area contributed by atoms with Gasteiger partial charge in [-0.1, -0.05) is 18.2 Å². The molecule has 146 valence electrons. The molecular weight excluding hydrogens is 386 g/mol. The molecule has 3 aromatic heterocycles. The Kier molecular flexibility index (Phi) is 4.83. The highest BCUT2D eigenvalue weighted by Gasteiger charge is 2.17. The SMILES string of the molecule is O=c1[nH]c2ccccc2cc1-c1csc(-c2ccnc(OCC3CCCO3)c2)n1. The molecule has 1 unspecified atom stereocenters. The highest BCUT2D eigenvalue weighted by atomic mass is 32.1. The number of H-pyrrole nitrogens is 1. The van der Waals surface area contributed by atoms with Crippen molar-refractivity contribution in [2.45, 2.75) is 18.9 Å². The first kappa shape index (κ1) is 18.0. The van der Waals surface area contributed by atoms with Gasteiger partial charge in [0.1, 0.15) is 11.6 Å². The maximum Gasteiger partial charge on any atom is 0.257 e. The van der Waals surface area contributed by atoms with E-state index in [1.165, 1.54) is 11.3 Å². The molecule has 0 saturated carbocycles. The van der Waals surface area contributed by atoms with Crippen LogP contribution in [0.25, 0.3) is 32.7 Å². The summed E-state index contributed by atoms with van der Waals surface area (Å²) in [7, 11) is 0. The molecule has 0 aliphatic carbocycles. The molecule has 1 aromatic carbocycles. The molecule has 7 heteroatoms. The number of thiazole rings is 1. The van der Waals surface area contributed by atoms with E-state index in [2.05, 4.69) is 15.0 Å². The van der Waals surface area contributed by atoms with Crippen molar-refractivity contribution < 1.29 is 9.47 Å². The Bertz CT molecular complexity index is 1210. The Balaban J connectivity index is 1.41. The molecule has 1 N–H and O–H groups in total. The van der Waals surface area contributed by atoms with E-state index in [0.717, 1.165) is 40.9 Å². The van der Waals surface area contributed by atoms with Crippen molar-refractivity contribution in [1.82, 2.24) is 15.0 Å². The van der Waals surface area contributed by atoms with Gasteiger partial charge in [-0.05, 0) is 36.4 Å². The first-order valence-corrected chi connectivity index (χ1v) is 10.4. The van der Waals surface area contributed by atoms with Crippen molar-refractivity contribution in [3.05, 3.63) is 64.4 Å². The van der Waals surface area contributed by atoms with E-state index in [0.29, 0.717) is 23.7 Å². The minimum absolute atomic E-state index is 0.143. The zero-order valence-electron chi connectivity index (χ0n) is 15.6. The fourth-order valence-electron chi connectivity index (χ4n) is 3.44. The van der Waals surface area contributed by atoms with Gasteiger partial charge in [-0.15, -0.1) is 11.3 Å². The van der Waals surface area contributed by atoms with Crippen LogP contribution >= 0.6 is 11.3 Å². The second-order valence-corrected chi connectivity index (χ2v) is 7.82. The maximum atomic E-state index is 12.5. The van der Waals surface area contributed by atoms with Crippen molar-refractivity contribution in [2.24, 2.45) is 0 Å². The number of rotatable bonds is 5. The first-order valence-electron chi connectivity index (χ1n) is 9.55. The number of pyridine rings is 2. The molecule has 29 heavy (non-hydrogen) atoms. The average molecular weight is 405 g/mol. The maximum absolute atomic E-state index is 12.5. The molecule has 1 atom stereocenters. The predicted molar refractivity (Wildman–Crippen MR) is 113 cm³/mol. The number of fused-ring (bicyclic) bond motifs is 1. The summed E-state index contributed by atoms with van der Waals surface area (Å²) in [4.78, 5) is 24.4. The Hall–Kier alpha value is -3.03. The van der Waals surface area contributed by atoms with E-state index in [1.807, 2.05) is 47.8 Å². The molecule has 4 heterocycles. The quantitative estimate of drug-likeness (QED) is 0.536. The van der Waals surface area contributed by atoms with E-state index in [1.54, 1.807) is 6.20 Å². The summed E-state index contributed by atoms with van der Waals surface area (Å²) in [6, 6.07) is 13.4. The lowest BCUT2D eigenvalue weighted by atomic mass is 10.1. The molecule has 1 fully saturated rings. The lowest BCUT2D eigenvalue weighted by molar-refractivity contribution is 0.0663. The number of nitrogens with zero attached hydrogens (tertiary/aromatic N) is 2. The fraction of sp³-hybridized carbons (Fsp3) is 0.227. The van der Waals surface area contributed by atoms with Gasteiger partial charge in [0.15, 0.2) is 0 Å². The molecule has 0 spiro atoms. The number of aromatic amines is 1. The Labute approximate surface area is 171 Å². The van der Waals surface area contributed by atoms with Crippen molar-refractivity contribution >= 4 is 22.2 Å². The lowest BCUT2D eigenvalue weighted by Gasteiger charge is -2.10. The van der Waals surface area contributed by atoms with Gasteiger partial charge in [-0.2, -0.15) is 0 Å². The van der Waals surface area contributed by atoms with Crippen molar-refractivity contribution in [3.8, 4) is 27.7 Å². The second-order valence-electron chi connectivity index (χ2n) is 6.97. The summed E-state index contributed by atoms with van der Waals surface area (Å²) < 4.78 is 11.4. The van der Waals surface area contributed by atoms with Crippen molar-refractivity contribution in [2.75, 3.05) is 13.2 Å². The van der Waals surface area contributed by atoms with Crippen molar-refractivity contribution in [1.29, 1.82) is 0 Å². The summed E-state index contributed by atoms with van der Waals surface area (Å²) in [6.07, 6.45) is 3.96. The van der Waals surface area contributed by atoms with Crippen LogP contribution in [0, 0.1) is 0 Å². The largest absolute Gasteiger partial charge is 0.475 e. The third-order valence-corrected chi connectivity index (χ3v) is 5.85. The highest BCUT2D eigenvalue weighted by molar-refractivity contribution is 7.13. The number of benzene rings is 1. The molecule has 0 radical (unpaired) electrons. The summed E-state index contributed by atoms with van der Waals surface area (Å²) in [6.45, 7) is 1.31.